The molecule has 1 aliphatic carbocycles. The van der Waals surface area contributed by atoms with Gasteiger partial charge in [-0.05, 0) is 43.5 Å². The molecule has 5 amide bonds. The largest absolute Gasteiger partial charge is 0.334 e. The molecule has 1 heterocycles. The van der Waals surface area contributed by atoms with E-state index in [2.05, 4.69) is 12.2 Å². The molecule has 1 aromatic carbocycles. The van der Waals surface area contributed by atoms with Crippen LogP contribution in [0.2, 0.25) is 0 Å². The lowest BCUT2D eigenvalue weighted by molar-refractivity contribution is -0.143. The van der Waals surface area contributed by atoms with Crippen LogP contribution in [0.25, 0.3) is 0 Å². The number of hydrogen-bond donors (Lipinski definition) is 1. The molecule has 160 valence electrons. The first kappa shape index (κ1) is 21.7. The Morgan fingerprint density at radius 2 is 1.67 bits per heavy atom. The third kappa shape index (κ3) is 4.75. The van der Waals surface area contributed by atoms with Gasteiger partial charge in [0.2, 0.25) is 5.91 Å². The summed E-state index contributed by atoms with van der Waals surface area (Å²) in [5.74, 6) is -2.32. The fraction of sp³-hybridized carbons (Fsp3) is 0.500. The Kier molecular flexibility index (Phi) is 6.97. The molecule has 0 spiro atoms. The van der Waals surface area contributed by atoms with Crippen LogP contribution in [-0.4, -0.2) is 51.9 Å². The second-order valence-electron chi connectivity index (χ2n) is 7.79. The minimum Gasteiger partial charge on any atom is -0.326 e. The topological polar surface area (TPSA) is 104 Å². The van der Waals surface area contributed by atoms with Gasteiger partial charge in [-0.15, -0.1) is 0 Å². The Bertz CT molecular complexity index is 843. The summed E-state index contributed by atoms with van der Waals surface area (Å²) in [7, 11) is 0. The first-order valence-electron chi connectivity index (χ1n) is 10.5. The van der Waals surface area contributed by atoms with Gasteiger partial charge in [-0.2, -0.15) is 0 Å². The third-order valence-electron chi connectivity index (χ3n) is 5.57. The summed E-state index contributed by atoms with van der Waals surface area (Å²) in [5, 5.41) is 2.78. The minimum atomic E-state index is -0.948. The van der Waals surface area contributed by atoms with E-state index in [9.17, 15) is 24.0 Å². The molecular weight excluding hydrogens is 386 g/mol. The molecule has 2 aliphatic rings. The average molecular weight is 413 g/mol. The number of amides is 5. The van der Waals surface area contributed by atoms with Crippen LogP contribution in [-0.2, 0) is 14.4 Å². The van der Waals surface area contributed by atoms with Crippen LogP contribution < -0.4 is 5.32 Å². The van der Waals surface area contributed by atoms with Crippen molar-refractivity contribution in [1.29, 1.82) is 0 Å². The number of benzene rings is 1. The molecule has 0 unspecified atom stereocenters. The summed E-state index contributed by atoms with van der Waals surface area (Å²) in [4.78, 5) is 63.3. The maximum atomic E-state index is 12.6. The Hall–Kier alpha value is -3.03. The SMILES string of the molecule is CCCCCC(=O)Nc1ccc(C(=O)CN2C(=O)C(=O)N(C3CCCC3)C2=O)cc1. The van der Waals surface area contributed by atoms with Crippen molar-refractivity contribution < 1.29 is 24.0 Å². The van der Waals surface area contributed by atoms with Gasteiger partial charge in [-0.3, -0.25) is 24.1 Å². The second-order valence-corrected chi connectivity index (χ2v) is 7.79. The highest BCUT2D eigenvalue weighted by Crippen LogP contribution is 2.27. The Balaban J connectivity index is 1.59. The van der Waals surface area contributed by atoms with Gasteiger partial charge in [0.05, 0.1) is 6.54 Å². The van der Waals surface area contributed by atoms with Crippen molar-refractivity contribution in [1.82, 2.24) is 9.80 Å². The molecule has 8 heteroatoms. The average Bonchev–Trinajstić information content (AvgIpc) is 3.32. The summed E-state index contributed by atoms with van der Waals surface area (Å²) in [5.41, 5.74) is 0.871. The van der Waals surface area contributed by atoms with Gasteiger partial charge in [-0.25, -0.2) is 9.69 Å². The molecule has 0 aromatic heterocycles. The quantitative estimate of drug-likeness (QED) is 0.290. The fourth-order valence-electron chi connectivity index (χ4n) is 3.88. The van der Waals surface area contributed by atoms with Gasteiger partial charge < -0.3 is 5.32 Å². The molecule has 1 saturated carbocycles. The van der Waals surface area contributed by atoms with Gasteiger partial charge in [0.15, 0.2) is 5.78 Å². The second kappa shape index (κ2) is 9.65. The van der Waals surface area contributed by atoms with Gasteiger partial charge in [0, 0.05) is 23.7 Å². The standard InChI is InChI=1S/C22H27N3O5/c1-2-3-4-9-19(27)23-16-12-10-15(11-13-16)18(26)14-24-20(28)21(29)25(22(24)30)17-7-5-6-8-17/h10-13,17H,2-9,14H2,1H3,(H,23,27). The molecule has 0 radical (unpaired) electrons. The van der Waals surface area contributed by atoms with E-state index in [1.54, 1.807) is 12.1 Å². The summed E-state index contributed by atoms with van der Waals surface area (Å²) in [6.45, 7) is 1.59. The van der Waals surface area contributed by atoms with Crippen LogP contribution in [0.3, 0.4) is 0 Å². The first-order valence-corrected chi connectivity index (χ1v) is 10.5. The smallest absolute Gasteiger partial charge is 0.326 e. The number of ketones is 1. The van der Waals surface area contributed by atoms with Crippen LogP contribution in [0.4, 0.5) is 10.5 Å². The maximum Gasteiger partial charge on any atom is 0.334 e. The Morgan fingerprint density at radius 3 is 2.30 bits per heavy atom. The predicted molar refractivity (Wildman–Crippen MR) is 110 cm³/mol. The number of carbonyl (C=O) groups excluding carboxylic acids is 5. The van der Waals surface area contributed by atoms with E-state index >= 15 is 0 Å². The maximum absolute atomic E-state index is 12.6. The molecule has 3 rings (SSSR count). The molecule has 1 N–H and O–H groups in total. The lowest BCUT2D eigenvalue weighted by Crippen LogP contribution is -2.41. The van der Waals surface area contributed by atoms with Crippen molar-refractivity contribution in [3.63, 3.8) is 0 Å². The van der Waals surface area contributed by atoms with E-state index < -0.39 is 30.2 Å². The number of carbonyl (C=O) groups is 5. The summed E-state index contributed by atoms with van der Waals surface area (Å²) < 4.78 is 0. The van der Waals surface area contributed by atoms with Crippen LogP contribution in [0.1, 0.15) is 68.6 Å². The van der Waals surface area contributed by atoms with Crippen molar-refractivity contribution in [2.75, 3.05) is 11.9 Å². The van der Waals surface area contributed by atoms with Gasteiger partial charge in [0.25, 0.3) is 0 Å². The number of imide groups is 2. The normalized spacial score (nSPS) is 17.2. The predicted octanol–water partition coefficient (Wildman–Crippen LogP) is 3.12. The zero-order valence-electron chi connectivity index (χ0n) is 17.2. The van der Waals surface area contributed by atoms with Crippen molar-refractivity contribution in [2.45, 2.75) is 64.3 Å². The van der Waals surface area contributed by atoms with Crippen molar-refractivity contribution in [3.8, 4) is 0 Å². The molecule has 0 bridgehead atoms. The highest BCUT2D eigenvalue weighted by atomic mass is 16.2. The third-order valence-corrected chi connectivity index (χ3v) is 5.57. The molecule has 8 nitrogen and oxygen atoms in total. The number of Topliss-reactive ketones (excluding diaryl/α,β-unsaturated/α-hetero) is 1. The number of rotatable bonds is 9. The Labute approximate surface area is 175 Å². The fourth-order valence-corrected chi connectivity index (χ4v) is 3.88. The molecule has 1 aromatic rings. The number of nitrogens with one attached hydrogen (secondary N) is 1. The molecule has 1 aliphatic heterocycles. The number of anilines is 1. The molecule has 1 saturated heterocycles. The number of urea groups is 1. The molecule has 30 heavy (non-hydrogen) atoms. The zero-order valence-corrected chi connectivity index (χ0v) is 17.2. The monoisotopic (exact) mass is 413 g/mol. The van der Waals surface area contributed by atoms with E-state index in [-0.39, 0.29) is 11.9 Å². The molecule has 0 atom stereocenters. The van der Waals surface area contributed by atoms with E-state index in [4.69, 9.17) is 0 Å². The van der Waals surface area contributed by atoms with Gasteiger partial charge in [-0.1, -0.05) is 32.6 Å². The zero-order chi connectivity index (χ0) is 21.7. The van der Waals surface area contributed by atoms with Gasteiger partial charge >= 0.3 is 17.8 Å². The molecular formula is C22H27N3O5. The lowest BCUT2D eigenvalue weighted by Gasteiger charge is -2.20. The van der Waals surface area contributed by atoms with Crippen molar-refractivity contribution in [2.24, 2.45) is 0 Å². The minimum absolute atomic E-state index is 0.0821. The molecule has 2 fully saturated rings. The van der Waals surface area contributed by atoms with E-state index in [0.717, 1.165) is 41.9 Å². The highest BCUT2D eigenvalue weighted by molar-refractivity contribution is 6.45. The van der Waals surface area contributed by atoms with Gasteiger partial charge in [0.1, 0.15) is 0 Å². The van der Waals surface area contributed by atoms with Crippen molar-refractivity contribution >= 4 is 35.2 Å². The van der Waals surface area contributed by atoms with E-state index in [1.807, 2.05) is 0 Å². The lowest BCUT2D eigenvalue weighted by atomic mass is 10.1. The summed E-state index contributed by atoms with van der Waals surface area (Å²) >= 11 is 0. The van der Waals surface area contributed by atoms with Crippen LogP contribution in [0.5, 0.6) is 0 Å². The first-order chi connectivity index (χ1) is 14.4. The highest BCUT2D eigenvalue weighted by Gasteiger charge is 2.48. The van der Waals surface area contributed by atoms with Crippen LogP contribution >= 0.6 is 0 Å². The van der Waals surface area contributed by atoms with E-state index in [0.29, 0.717) is 30.5 Å². The summed E-state index contributed by atoms with van der Waals surface area (Å²) in [6, 6.07) is 5.32. The van der Waals surface area contributed by atoms with Crippen molar-refractivity contribution in [3.05, 3.63) is 29.8 Å². The number of unbranched alkanes of at least 4 members (excludes halogenated alkanes) is 2. The number of hydrogen-bond acceptors (Lipinski definition) is 5. The summed E-state index contributed by atoms with van der Waals surface area (Å²) in [6.07, 6.45) is 6.52. The van der Waals surface area contributed by atoms with Crippen LogP contribution in [0, 0.1) is 0 Å². The Morgan fingerprint density at radius 1 is 1.00 bits per heavy atom. The van der Waals surface area contributed by atoms with E-state index in [1.165, 1.54) is 12.1 Å². The van der Waals surface area contributed by atoms with Crippen LogP contribution in [0.15, 0.2) is 24.3 Å². The number of nitrogens with zero attached hydrogens (tertiary/aromatic N) is 2.